The SMILES string of the molecule is CN(C)c1cccc2c(S(=O)(=O)N[C@@H](CCC(=O)O)C(=O)C(=O)C(Cl)C(=O)[C@H](CCCN=C(N)N)NC(=O)CN)cccc12. The van der Waals surface area contributed by atoms with Crippen LogP contribution in [0.4, 0.5) is 5.69 Å². The number of sulfonamides is 1. The Bertz CT molecular complexity index is 1540. The van der Waals surface area contributed by atoms with E-state index >= 15 is 0 Å². The minimum absolute atomic E-state index is 0.0723. The molecule has 0 saturated heterocycles. The number of carboxylic acid groups (broad SMARTS) is 1. The molecule has 0 aliphatic rings. The van der Waals surface area contributed by atoms with Gasteiger partial charge in [0.25, 0.3) is 0 Å². The first-order valence-electron chi connectivity index (χ1n) is 13.3. The standard InChI is InChI=1S/C27H36ClN7O8S/c1-35(2)19-9-3-7-16-15(19)6-4-10-20(16)44(42,43)34-18(11-12-22(37)38)25(40)26(41)23(28)24(39)17(33-21(36)14-29)8-5-13-32-27(30)31/h3-4,6-7,9-10,17-18,23,34H,5,8,11-14,29H2,1-2H3,(H,33,36)(H,37,38)(H4,30,31,32)/t17-,18-,23?/m0/s1. The number of aliphatic carboxylic acids is 1. The second-order valence-corrected chi connectivity index (χ2v) is 12.0. The molecule has 0 heterocycles. The number of carboxylic acids is 1. The van der Waals surface area contributed by atoms with Gasteiger partial charge >= 0.3 is 5.97 Å². The number of guanidine groups is 1. The molecule has 2 aromatic rings. The van der Waals surface area contributed by atoms with Crippen LogP contribution in [0.25, 0.3) is 10.8 Å². The van der Waals surface area contributed by atoms with Gasteiger partial charge in [0.15, 0.2) is 17.1 Å². The average molecular weight is 654 g/mol. The number of fused-ring (bicyclic) bond motifs is 1. The molecule has 17 heteroatoms. The molecule has 0 aromatic heterocycles. The minimum Gasteiger partial charge on any atom is -0.481 e. The molecule has 0 radical (unpaired) electrons. The maximum Gasteiger partial charge on any atom is 0.303 e. The molecule has 0 aliphatic carbocycles. The Morgan fingerprint density at radius 3 is 2.20 bits per heavy atom. The van der Waals surface area contributed by atoms with Gasteiger partial charge in [-0.3, -0.25) is 29.0 Å². The summed E-state index contributed by atoms with van der Waals surface area (Å²) in [6.07, 6.45) is -1.20. The lowest BCUT2D eigenvalue weighted by atomic mass is 9.96. The number of alkyl halides is 1. The maximum atomic E-state index is 13.5. The fourth-order valence-electron chi connectivity index (χ4n) is 4.30. The molecule has 3 atom stereocenters. The molecular weight excluding hydrogens is 618 g/mol. The zero-order chi connectivity index (χ0) is 33.2. The van der Waals surface area contributed by atoms with Crippen molar-refractivity contribution in [2.24, 2.45) is 22.2 Å². The highest BCUT2D eigenvalue weighted by atomic mass is 35.5. The van der Waals surface area contributed by atoms with Gasteiger partial charge < -0.3 is 32.5 Å². The van der Waals surface area contributed by atoms with E-state index in [1.54, 1.807) is 43.3 Å². The predicted molar refractivity (Wildman–Crippen MR) is 165 cm³/mol. The summed E-state index contributed by atoms with van der Waals surface area (Å²) in [5.41, 5.74) is 16.6. The Labute approximate surface area is 259 Å². The van der Waals surface area contributed by atoms with E-state index in [0.29, 0.717) is 16.5 Å². The van der Waals surface area contributed by atoms with Crippen LogP contribution in [0.1, 0.15) is 25.7 Å². The first-order chi connectivity index (χ1) is 20.6. The van der Waals surface area contributed by atoms with Crippen molar-refractivity contribution < 1.29 is 37.5 Å². The summed E-state index contributed by atoms with van der Waals surface area (Å²) in [5.74, 6) is -6.28. The van der Waals surface area contributed by atoms with Crippen molar-refractivity contribution in [3.8, 4) is 0 Å². The molecule has 2 aromatic carbocycles. The summed E-state index contributed by atoms with van der Waals surface area (Å²) < 4.78 is 29.2. The first-order valence-corrected chi connectivity index (χ1v) is 15.3. The van der Waals surface area contributed by atoms with Gasteiger partial charge in [-0.25, -0.2) is 13.1 Å². The summed E-state index contributed by atoms with van der Waals surface area (Å²) in [6.45, 7) is -0.408. The number of anilines is 1. The fraction of sp³-hybridized carbons (Fsp3) is 0.407. The molecule has 0 spiro atoms. The molecular formula is C27H36ClN7O8S. The zero-order valence-electron chi connectivity index (χ0n) is 24.2. The number of nitrogens with zero attached hydrogens (tertiary/aromatic N) is 2. The number of rotatable bonds is 18. The molecule has 15 nitrogen and oxygen atoms in total. The first kappa shape index (κ1) is 36.1. The van der Waals surface area contributed by atoms with E-state index in [1.807, 2.05) is 0 Å². The molecule has 1 amide bonds. The molecule has 2 rings (SSSR count). The van der Waals surface area contributed by atoms with Gasteiger partial charge in [0.05, 0.1) is 23.5 Å². The normalized spacial score (nSPS) is 13.4. The van der Waals surface area contributed by atoms with Crippen LogP contribution in [0.3, 0.4) is 0 Å². The Morgan fingerprint density at radius 1 is 0.977 bits per heavy atom. The van der Waals surface area contributed by atoms with Crippen molar-refractivity contribution in [3.05, 3.63) is 36.4 Å². The van der Waals surface area contributed by atoms with E-state index in [9.17, 15) is 37.5 Å². The largest absolute Gasteiger partial charge is 0.481 e. The zero-order valence-corrected chi connectivity index (χ0v) is 25.7. The van der Waals surface area contributed by atoms with Crippen LogP contribution < -0.4 is 32.1 Å². The van der Waals surface area contributed by atoms with Gasteiger partial charge in [-0.2, -0.15) is 0 Å². The molecule has 1 unspecified atom stereocenters. The number of nitrogens with two attached hydrogens (primary N) is 3. The smallest absolute Gasteiger partial charge is 0.303 e. The lowest BCUT2D eigenvalue weighted by Crippen LogP contribution is -2.51. The Kier molecular flexibility index (Phi) is 13.2. The van der Waals surface area contributed by atoms with Crippen LogP contribution in [0.15, 0.2) is 46.3 Å². The molecule has 0 bridgehead atoms. The van der Waals surface area contributed by atoms with Gasteiger partial charge in [0, 0.05) is 43.5 Å². The molecule has 0 fully saturated rings. The number of halogens is 1. The van der Waals surface area contributed by atoms with Crippen LogP contribution in [0, 0.1) is 0 Å². The second-order valence-electron chi connectivity index (χ2n) is 9.90. The Morgan fingerprint density at radius 2 is 1.61 bits per heavy atom. The van der Waals surface area contributed by atoms with Crippen LogP contribution in [-0.2, 0) is 34.0 Å². The number of carbonyl (C=O) groups excluding carboxylic acids is 4. The number of ketones is 3. The van der Waals surface area contributed by atoms with Gasteiger partial charge in [-0.15, -0.1) is 11.6 Å². The second kappa shape index (κ2) is 16.1. The highest BCUT2D eigenvalue weighted by Gasteiger charge is 2.39. The number of Topliss-reactive ketones (excluding diaryl/α,β-unsaturated/α-hetero) is 3. The lowest BCUT2D eigenvalue weighted by molar-refractivity contribution is -0.141. The van der Waals surface area contributed by atoms with E-state index in [0.717, 1.165) is 0 Å². The highest BCUT2D eigenvalue weighted by Crippen LogP contribution is 2.30. The number of nitrogens with one attached hydrogen (secondary N) is 2. The summed E-state index contributed by atoms with van der Waals surface area (Å²) in [6, 6.07) is 6.28. The van der Waals surface area contributed by atoms with Crippen LogP contribution in [0.2, 0.25) is 0 Å². The number of hydrogen-bond donors (Lipinski definition) is 6. The van der Waals surface area contributed by atoms with Gasteiger partial charge in [0.1, 0.15) is 0 Å². The lowest BCUT2D eigenvalue weighted by Gasteiger charge is -2.21. The monoisotopic (exact) mass is 653 g/mol. The average Bonchev–Trinajstić information content (AvgIpc) is 2.97. The highest BCUT2D eigenvalue weighted by molar-refractivity contribution is 7.89. The molecule has 9 N–H and O–H groups in total. The molecule has 240 valence electrons. The molecule has 0 aliphatic heterocycles. The summed E-state index contributed by atoms with van der Waals surface area (Å²) in [7, 11) is -0.969. The Balaban J connectivity index is 2.38. The van der Waals surface area contributed by atoms with E-state index in [2.05, 4.69) is 15.0 Å². The van der Waals surface area contributed by atoms with Gasteiger partial charge in [-0.05, 0) is 31.4 Å². The summed E-state index contributed by atoms with van der Waals surface area (Å²) >= 11 is 6.11. The van der Waals surface area contributed by atoms with E-state index < -0.39 is 76.1 Å². The summed E-state index contributed by atoms with van der Waals surface area (Å²) in [4.78, 5) is 68.1. The third kappa shape index (κ3) is 9.70. The Hall–Kier alpha value is -4.12. The van der Waals surface area contributed by atoms with E-state index in [4.69, 9.17) is 28.8 Å². The minimum atomic E-state index is -4.52. The maximum absolute atomic E-state index is 13.5. The van der Waals surface area contributed by atoms with Crippen molar-refractivity contribution in [1.29, 1.82) is 0 Å². The predicted octanol–water partition coefficient (Wildman–Crippen LogP) is -0.771. The van der Waals surface area contributed by atoms with Crippen LogP contribution in [0.5, 0.6) is 0 Å². The quantitative estimate of drug-likeness (QED) is 0.0289. The van der Waals surface area contributed by atoms with E-state index in [1.165, 1.54) is 12.1 Å². The van der Waals surface area contributed by atoms with Crippen molar-refractivity contribution in [3.63, 3.8) is 0 Å². The number of amides is 1. The van der Waals surface area contributed by atoms with Crippen molar-refractivity contribution >= 4 is 73.3 Å². The number of aliphatic imine (C=N–C) groups is 1. The van der Waals surface area contributed by atoms with Crippen LogP contribution >= 0.6 is 11.6 Å². The van der Waals surface area contributed by atoms with Crippen molar-refractivity contribution in [2.45, 2.75) is 48.0 Å². The van der Waals surface area contributed by atoms with Crippen LogP contribution in [-0.4, -0.2) is 93.4 Å². The number of hydrogen-bond acceptors (Lipinski definition) is 10. The fourth-order valence-corrected chi connectivity index (χ4v) is 6.01. The van der Waals surface area contributed by atoms with Crippen molar-refractivity contribution in [2.75, 3.05) is 32.1 Å². The number of carbonyl (C=O) groups is 5. The molecule has 0 saturated carbocycles. The number of benzene rings is 2. The topological polar surface area (TPSA) is 257 Å². The summed E-state index contributed by atoms with van der Waals surface area (Å²) in [5, 5.41) is 10.3. The third-order valence-corrected chi connectivity index (χ3v) is 8.37. The van der Waals surface area contributed by atoms with Gasteiger partial charge in [-0.1, -0.05) is 24.3 Å². The van der Waals surface area contributed by atoms with Gasteiger partial charge in [0.2, 0.25) is 27.5 Å². The van der Waals surface area contributed by atoms with E-state index in [-0.39, 0.29) is 30.2 Å². The van der Waals surface area contributed by atoms with Crippen molar-refractivity contribution in [1.82, 2.24) is 10.0 Å². The third-order valence-electron chi connectivity index (χ3n) is 6.42. The molecule has 44 heavy (non-hydrogen) atoms.